The molecule has 48 heavy (non-hydrogen) atoms. The average Bonchev–Trinajstić information content (AvgIpc) is 3.12. The number of rotatable bonds is 11. The number of carboxylic acids is 1. The number of esters is 1. The van der Waals surface area contributed by atoms with Gasteiger partial charge in [0.2, 0.25) is 0 Å². The van der Waals surface area contributed by atoms with Gasteiger partial charge in [-0.15, -0.1) is 0 Å². The highest BCUT2D eigenvalue weighted by Gasteiger charge is 2.67. The predicted octanol–water partition coefficient (Wildman–Crippen LogP) is 1.67. The average molecular weight is 727 g/mol. The Morgan fingerprint density at radius 3 is 2.25 bits per heavy atom. The van der Waals surface area contributed by atoms with E-state index in [2.05, 4.69) is 10.8 Å². The van der Waals surface area contributed by atoms with Crippen LogP contribution in [0.4, 0.5) is 0 Å². The van der Waals surface area contributed by atoms with Crippen molar-refractivity contribution in [3.05, 3.63) is 12.2 Å². The van der Waals surface area contributed by atoms with Crippen molar-refractivity contribution < 1.29 is 73.4 Å². The molecule has 0 amide bonds. The Labute approximate surface area is 280 Å². The zero-order chi connectivity index (χ0) is 35.6. The molecule has 5 fully saturated rings. The van der Waals surface area contributed by atoms with E-state index in [1.807, 2.05) is 6.92 Å². The van der Waals surface area contributed by atoms with Gasteiger partial charge in [0.15, 0.2) is 18.5 Å². The Kier molecular flexibility index (Phi) is 10.5. The second kappa shape index (κ2) is 13.4. The molecule has 1 unspecified atom stereocenters. The quantitative estimate of drug-likeness (QED) is 0.0879. The maximum absolute atomic E-state index is 12.9. The van der Waals surface area contributed by atoms with Crippen LogP contribution in [0.1, 0.15) is 72.1 Å². The molecule has 0 radical (unpaired) electrons. The number of fused-ring (bicyclic) bond motifs is 3. The first-order chi connectivity index (χ1) is 22.2. The minimum atomic E-state index is -5.42. The van der Waals surface area contributed by atoms with Crippen molar-refractivity contribution in [3.63, 3.8) is 0 Å². The van der Waals surface area contributed by atoms with Crippen LogP contribution in [0.5, 0.6) is 0 Å². The Morgan fingerprint density at radius 2 is 1.67 bits per heavy atom. The van der Waals surface area contributed by atoms with Gasteiger partial charge >= 0.3 is 32.7 Å². The summed E-state index contributed by atoms with van der Waals surface area (Å²) in [4.78, 5) is 25.7. The van der Waals surface area contributed by atoms with Crippen LogP contribution in [0.25, 0.3) is 0 Å². The third kappa shape index (κ3) is 7.20. The number of aliphatic carboxylic acids is 1. The third-order valence-corrected chi connectivity index (χ3v) is 12.4. The topological polar surface area (TPSA) is 250 Å². The minimum absolute atomic E-state index is 0.0156. The third-order valence-electron chi connectivity index (χ3n) is 11.5. The molecule has 0 aromatic carbocycles. The molecule has 1 spiro atoms. The summed E-state index contributed by atoms with van der Waals surface area (Å²) in [6.45, 7) is 8.52. The molecule has 1 aliphatic heterocycles. The van der Waals surface area contributed by atoms with Crippen molar-refractivity contribution in [2.75, 3.05) is 6.61 Å². The summed E-state index contributed by atoms with van der Waals surface area (Å²) >= 11 is 0. The summed E-state index contributed by atoms with van der Waals surface area (Å²) in [5, 5.41) is 32.0. The second-order valence-corrected chi connectivity index (χ2v) is 16.9. The number of carbonyl (C=O) groups excluding carboxylic acids is 1. The van der Waals surface area contributed by atoms with E-state index < -0.39 is 99.0 Å². The van der Waals surface area contributed by atoms with Crippen molar-refractivity contribution in [2.45, 2.75) is 115 Å². The molecule has 5 N–H and O–H groups in total. The largest absolute Gasteiger partial charge is 0.481 e. The lowest BCUT2D eigenvalue weighted by Crippen LogP contribution is -2.64. The summed E-state index contributed by atoms with van der Waals surface area (Å²) in [6, 6.07) is 0. The number of hydrogen-bond donors (Lipinski definition) is 5. The lowest BCUT2D eigenvalue weighted by atomic mass is 9.43. The van der Waals surface area contributed by atoms with Gasteiger partial charge in [-0.25, -0.2) is 8.37 Å². The number of ether oxygens (including phenoxy) is 3. The highest BCUT2D eigenvalue weighted by atomic mass is 32.3. The van der Waals surface area contributed by atoms with Gasteiger partial charge in [0.1, 0.15) is 12.2 Å². The molecular formula is C30H46O16S2. The molecule has 1 heterocycles. The molecule has 5 rings (SSSR count). The van der Waals surface area contributed by atoms with Gasteiger partial charge in [-0.05, 0) is 79.6 Å². The zero-order valence-electron chi connectivity index (χ0n) is 27.0. The minimum Gasteiger partial charge on any atom is -0.481 e. The maximum Gasteiger partial charge on any atom is 0.397 e. The molecule has 274 valence electrons. The summed E-state index contributed by atoms with van der Waals surface area (Å²) in [5.74, 6) is -3.25. The van der Waals surface area contributed by atoms with Gasteiger partial charge in [-0.3, -0.25) is 18.7 Å². The summed E-state index contributed by atoms with van der Waals surface area (Å²) in [7, 11) is -10.8. The van der Waals surface area contributed by atoms with E-state index in [1.54, 1.807) is 13.8 Å². The molecule has 4 aliphatic carbocycles. The first-order valence-corrected chi connectivity index (χ1v) is 18.9. The summed E-state index contributed by atoms with van der Waals surface area (Å²) in [6.07, 6.45) is -7.93. The molecule has 5 aliphatic rings. The molecular weight excluding hydrogens is 680 g/mol. The molecule has 16 nitrogen and oxygen atoms in total. The van der Waals surface area contributed by atoms with Gasteiger partial charge in [-0.2, -0.15) is 16.8 Å². The van der Waals surface area contributed by atoms with Crippen LogP contribution >= 0.6 is 0 Å². The molecule has 4 saturated carbocycles. The van der Waals surface area contributed by atoms with Gasteiger partial charge in [0.25, 0.3) is 0 Å². The van der Waals surface area contributed by atoms with Crippen LogP contribution in [0, 0.1) is 40.4 Å². The second-order valence-electron chi connectivity index (χ2n) is 14.8. The van der Waals surface area contributed by atoms with E-state index in [9.17, 15) is 50.8 Å². The Morgan fingerprint density at radius 1 is 1.02 bits per heavy atom. The Balaban J connectivity index is 1.51. The number of carboxylic acid groups (broad SMARTS) is 1. The van der Waals surface area contributed by atoms with E-state index in [0.717, 1.165) is 24.8 Å². The summed E-state index contributed by atoms with van der Waals surface area (Å²) < 4.78 is 93.5. The van der Waals surface area contributed by atoms with Crippen molar-refractivity contribution in [1.29, 1.82) is 0 Å². The predicted molar refractivity (Wildman–Crippen MR) is 162 cm³/mol. The van der Waals surface area contributed by atoms with E-state index in [1.165, 1.54) is 0 Å². The highest BCUT2D eigenvalue weighted by Crippen LogP contribution is 2.70. The molecule has 2 bridgehead atoms. The number of aliphatic hydroxyl groups is 2. The van der Waals surface area contributed by atoms with Crippen molar-refractivity contribution in [1.82, 2.24) is 0 Å². The standard InChI is InChI=1S/C30H46O16S2/c1-14(2)9-22(32)44-25-24(46-48(39,40)41)23(45-47(36,37)38)20(13-31)43-28(25)42-17-10-18(27(34)35)19-7-8-30-11-16(15(3)26(30)33)5-6-21(30)29(19,4)12-17/h14,16-21,23-26,28,31,33H,3,5-13H2,1-2,4H3,(H,34,35)(H,36,37,38)(H,39,40,41)/t16-,17+,18?,19+,20-,21-,23-,24+,25-,26-,28-,29+,30-/m0/s1. The van der Waals surface area contributed by atoms with Crippen LogP contribution < -0.4 is 0 Å². The smallest absolute Gasteiger partial charge is 0.397 e. The van der Waals surface area contributed by atoms with Crippen molar-refractivity contribution >= 4 is 32.7 Å². The first kappa shape index (κ1) is 37.5. The molecule has 0 aromatic rings. The lowest BCUT2D eigenvalue weighted by Gasteiger charge is -2.62. The zero-order valence-corrected chi connectivity index (χ0v) is 28.7. The van der Waals surface area contributed by atoms with Gasteiger partial charge in [0, 0.05) is 11.8 Å². The van der Waals surface area contributed by atoms with Crippen LogP contribution in [0.3, 0.4) is 0 Å². The van der Waals surface area contributed by atoms with Crippen LogP contribution in [-0.4, -0.2) is 103 Å². The summed E-state index contributed by atoms with van der Waals surface area (Å²) in [5.41, 5.74) is -0.319. The fraction of sp³-hybridized carbons (Fsp3) is 0.867. The van der Waals surface area contributed by atoms with Crippen molar-refractivity contribution in [3.8, 4) is 0 Å². The van der Waals surface area contributed by atoms with Gasteiger partial charge in [0.05, 0.1) is 24.7 Å². The molecule has 13 atom stereocenters. The maximum atomic E-state index is 12.9. The van der Waals surface area contributed by atoms with Crippen LogP contribution in [-0.2, 0) is 53.0 Å². The van der Waals surface area contributed by atoms with Gasteiger partial charge in [-0.1, -0.05) is 27.4 Å². The van der Waals surface area contributed by atoms with Crippen LogP contribution in [0.2, 0.25) is 0 Å². The fourth-order valence-electron chi connectivity index (χ4n) is 9.82. The van der Waals surface area contributed by atoms with E-state index in [-0.39, 0.29) is 42.9 Å². The van der Waals surface area contributed by atoms with E-state index in [4.69, 9.17) is 18.4 Å². The SMILES string of the molecule is C=C1[C@H]2CC[C@H]3[C@]4(C)C[C@H](O[C@H]5O[C@@H](CO)[C@H](OS(=O)(=O)O)[C@@H](OS(=O)(=O)O)[C@@H]5OC(=O)CC(C)C)CC(C(=O)O)[C@H]4CC[C@@]3(C2)[C@H]1O. The Bertz CT molecular complexity index is 1480. The highest BCUT2D eigenvalue weighted by molar-refractivity contribution is 7.81. The first-order valence-electron chi connectivity index (χ1n) is 16.2. The number of aliphatic hydroxyl groups excluding tert-OH is 2. The Hall–Kier alpha value is -1.74. The van der Waals surface area contributed by atoms with Crippen molar-refractivity contribution in [2.24, 2.45) is 40.4 Å². The lowest BCUT2D eigenvalue weighted by molar-refractivity contribution is -0.316. The number of hydrogen-bond acceptors (Lipinski definition) is 13. The van der Waals surface area contributed by atoms with E-state index in [0.29, 0.717) is 12.8 Å². The normalized spacial score (nSPS) is 43.0. The monoisotopic (exact) mass is 726 g/mol. The molecule has 18 heteroatoms. The van der Waals surface area contributed by atoms with E-state index >= 15 is 0 Å². The fourth-order valence-corrected chi connectivity index (χ4v) is 10.8. The molecule has 0 aromatic heterocycles. The molecule has 1 saturated heterocycles. The van der Waals surface area contributed by atoms with Crippen LogP contribution in [0.15, 0.2) is 12.2 Å². The number of carbonyl (C=O) groups is 2. The van der Waals surface area contributed by atoms with Gasteiger partial charge < -0.3 is 29.5 Å².